The largest absolute Gasteiger partial charge is 0.369 e. The number of aromatic nitrogens is 2. The summed E-state index contributed by atoms with van der Waals surface area (Å²) in [5.41, 5.74) is 0.744. The number of carbonyl (C=O) groups is 1. The Kier molecular flexibility index (Phi) is 3.10. The van der Waals surface area contributed by atoms with E-state index in [9.17, 15) is 4.79 Å². The Morgan fingerprint density at radius 1 is 1.56 bits per heavy atom. The lowest BCUT2D eigenvalue weighted by atomic mass is 10.0. The Morgan fingerprint density at radius 2 is 2.31 bits per heavy atom. The fraction of sp³-hybridized carbons (Fsp3) is 0.545. The normalized spacial score (nSPS) is 16.9. The predicted molar refractivity (Wildman–Crippen MR) is 62.9 cm³/mol. The summed E-state index contributed by atoms with van der Waals surface area (Å²) in [5.74, 6) is 0.537. The third-order valence-electron chi connectivity index (χ3n) is 3.29. The van der Waals surface area contributed by atoms with Crippen molar-refractivity contribution in [1.29, 1.82) is 0 Å². The first kappa shape index (κ1) is 11.3. The van der Waals surface area contributed by atoms with Crippen molar-refractivity contribution in [3.63, 3.8) is 0 Å². The second-order valence-corrected chi connectivity index (χ2v) is 4.61. The Hall–Kier alpha value is -1.16. The van der Waals surface area contributed by atoms with E-state index in [4.69, 9.17) is 11.6 Å². The fourth-order valence-electron chi connectivity index (χ4n) is 1.72. The summed E-state index contributed by atoms with van der Waals surface area (Å²) in [7, 11) is 0. The van der Waals surface area contributed by atoms with E-state index < -0.39 is 0 Å². The molecule has 1 N–H and O–H groups in total. The lowest BCUT2D eigenvalue weighted by Gasteiger charge is -2.14. The van der Waals surface area contributed by atoms with Gasteiger partial charge in [0.15, 0.2) is 6.29 Å². The second-order valence-electron chi connectivity index (χ2n) is 4.25. The van der Waals surface area contributed by atoms with Gasteiger partial charge in [-0.3, -0.25) is 4.79 Å². The molecule has 5 heteroatoms. The molecule has 1 fully saturated rings. The summed E-state index contributed by atoms with van der Waals surface area (Å²) in [6.07, 6.45) is 5.69. The minimum absolute atomic E-state index is 0.203. The van der Waals surface area contributed by atoms with Crippen molar-refractivity contribution in [3.05, 3.63) is 17.0 Å². The highest BCUT2D eigenvalue weighted by Crippen LogP contribution is 2.48. The molecule has 0 bridgehead atoms. The maximum atomic E-state index is 10.9. The van der Waals surface area contributed by atoms with Crippen LogP contribution in [-0.2, 0) is 0 Å². The van der Waals surface area contributed by atoms with E-state index in [1.165, 1.54) is 19.2 Å². The molecule has 1 aliphatic rings. The van der Waals surface area contributed by atoms with Crippen LogP contribution in [0.4, 0.5) is 5.82 Å². The van der Waals surface area contributed by atoms with Gasteiger partial charge in [-0.15, -0.1) is 0 Å². The third-order valence-corrected chi connectivity index (χ3v) is 3.59. The molecule has 0 radical (unpaired) electrons. The topological polar surface area (TPSA) is 54.9 Å². The zero-order chi connectivity index (χ0) is 11.6. The summed E-state index contributed by atoms with van der Waals surface area (Å²) in [6, 6.07) is 0. The summed E-state index contributed by atoms with van der Waals surface area (Å²) >= 11 is 5.81. The van der Waals surface area contributed by atoms with Crippen molar-refractivity contribution in [2.75, 3.05) is 11.9 Å². The number of nitrogens with one attached hydrogen (secondary N) is 1. The molecule has 0 amide bonds. The smallest absolute Gasteiger partial charge is 0.156 e. The molecule has 1 heterocycles. The van der Waals surface area contributed by atoms with Crippen molar-refractivity contribution in [2.45, 2.75) is 26.2 Å². The van der Waals surface area contributed by atoms with Crippen molar-refractivity contribution in [1.82, 2.24) is 9.97 Å². The predicted octanol–water partition coefficient (Wildman–Crippen LogP) is 2.54. The van der Waals surface area contributed by atoms with Gasteiger partial charge in [0, 0.05) is 6.54 Å². The number of aldehydes is 1. The number of halogens is 1. The molecule has 2 rings (SSSR count). The van der Waals surface area contributed by atoms with Gasteiger partial charge in [0.05, 0.1) is 5.56 Å². The minimum atomic E-state index is 0.203. The van der Waals surface area contributed by atoms with Crippen LogP contribution >= 0.6 is 11.6 Å². The summed E-state index contributed by atoms with van der Waals surface area (Å²) in [6.45, 7) is 3.03. The van der Waals surface area contributed by atoms with E-state index in [0.29, 0.717) is 23.1 Å². The molecule has 1 aromatic heterocycles. The van der Waals surface area contributed by atoms with Crippen molar-refractivity contribution >= 4 is 23.7 Å². The maximum absolute atomic E-state index is 10.9. The average Bonchev–Trinajstić information content (AvgIpc) is 3.07. The quantitative estimate of drug-likeness (QED) is 0.634. The van der Waals surface area contributed by atoms with Crippen molar-refractivity contribution in [3.8, 4) is 0 Å². The van der Waals surface area contributed by atoms with Crippen molar-refractivity contribution < 1.29 is 4.79 Å². The van der Waals surface area contributed by atoms with Gasteiger partial charge < -0.3 is 5.32 Å². The van der Waals surface area contributed by atoms with Crippen LogP contribution in [0.2, 0.25) is 5.15 Å². The third kappa shape index (κ3) is 2.16. The molecule has 0 atom stereocenters. The first-order chi connectivity index (χ1) is 7.71. The van der Waals surface area contributed by atoms with Gasteiger partial charge in [-0.05, 0) is 24.7 Å². The molecule has 0 aromatic carbocycles. The number of rotatable bonds is 5. The highest BCUT2D eigenvalue weighted by Gasteiger charge is 2.40. The number of carbonyl (C=O) groups excluding carboxylic acids is 1. The van der Waals surface area contributed by atoms with Crippen LogP contribution in [-0.4, -0.2) is 22.8 Å². The maximum Gasteiger partial charge on any atom is 0.156 e. The molecular weight excluding hydrogens is 226 g/mol. The van der Waals surface area contributed by atoms with Crippen LogP contribution < -0.4 is 5.32 Å². The summed E-state index contributed by atoms with van der Waals surface area (Å²) in [5, 5.41) is 3.39. The Labute approximate surface area is 99.4 Å². The highest BCUT2D eigenvalue weighted by molar-refractivity contribution is 6.32. The lowest BCUT2D eigenvalue weighted by molar-refractivity contribution is 0.112. The number of nitrogens with zero attached hydrogens (tertiary/aromatic N) is 2. The summed E-state index contributed by atoms with van der Waals surface area (Å²) < 4.78 is 0. The zero-order valence-electron chi connectivity index (χ0n) is 9.16. The lowest BCUT2D eigenvalue weighted by Crippen LogP contribution is -2.16. The Bertz CT molecular complexity index is 404. The van der Waals surface area contributed by atoms with Crippen LogP contribution in [0.25, 0.3) is 0 Å². The van der Waals surface area contributed by atoms with Gasteiger partial charge in [0.2, 0.25) is 0 Å². The fourth-order valence-corrected chi connectivity index (χ4v) is 1.90. The van der Waals surface area contributed by atoms with Gasteiger partial charge in [-0.25, -0.2) is 9.97 Å². The van der Waals surface area contributed by atoms with Gasteiger partial charge in [-0.2, -0.15) is 0 Å². The Morgan fingerprint density at radius 3 is 2.88 bits per heavy atom. The van der Waals surface area contributed by atoms with Gasteiger partial charge in [0.25, 0.3) is 0 Å². The molecule has 0 saturated heterocycles. The molecule has 0 spiro atoms. The zero-order valence-corrected chi connectivity index (χ0v) is 9.92. The van der Waals surface area contributed by atoms with Gasteiger partial charge >= 0.3 is 0 Å². The molecule has 1 saturated carbocycles. The molecular formula is C11H14ClN3O. The van der Waals surface area contributed by atoms with E-state index >= 15 is 0 Å². The minimum Gasteiger partial charge on any atom is -0.369 e. The van der Waals surface area contributed by atoms with Crippen LogP contribution in [0.5, 0.6) is 0 Å². The molecule has 0 unspecified atom stereocenters. The molecule has 0 aliphatic heterocycles. The molecule has 4 nitrogen and oxygen atoms in total. The van der Waals surface area contributed by atoms with E-state index in [-0.39, 0.29) is 5.15 Å². The van der Waals surface area contributed by atoms with Gasteiger partial charge in [-0.1, -0.05) is 18.5 Å². The van der Waals surface area contributed by atoms with E-state index in [1.54, 1.807) is 0 Å². The molecule has 1 aliphatic carbocycles. The molecule has 16 heavy (non-hydrogen) atoms. The second kappa shape index (κ2) is 4.37. The van der Waals surface area contributed by atoms with Gasteiger partial charge in [0.1, 0.15) is 17.3 Å². The van der Waals surface area contributed by atoms with Crippen LogP contribution in [0.1, 0.15) is 36.5 Å². The number of anilines is 1. The van der Waals surface area contributed by atoms with Crippen LogP contribution in [0.15, 0.2) is 6.33 Å². The standard InChI is InChI=1S/C11H14ClN3O/c1-2-11(3-4-11)6-13-10-8(5-16)9(12)14-7-15-10/h5,7H,2-4,6H2,1H3,(H,13,14,15). The van der Waals surface area contributed by atoms with Crippen molar-refractivity contribution in [2.24, 2.45) is 5.41 Å². The van der Waals surface area contributed by atoms with Crippen LogP contribution in [0.3, 0.4) is 0 Å². The van der Waals surface area contributed by atoms with E-state index in [1.807, 2.05) is 0 Å². The average molecular weight is 240 g/mol. The number of hydrogen-bond acceptors (Lipinski definition) is 4. The van der Waals surface area contributed by atoms with E-state index in [2.05, 4.69) is 22.2 Å². The first-order valence-electron chi connectivity index (χ1n) is 5.40. The SMILES string of the molecule is CCC1(CNc2ncnc(Cl)c2C=O)CC1. The Balaban J connectivity index is 2.09. The number of hydrogen-bond donors (Lipinski definition) is 1. The van der Waals surface area contributed by atoms with Crippen LogP contribution in [0, 0.1) is 5.41 Å². The monoisotopic (exact) mass is 239 g/mol. The summed E-state index contributed by atoms with van der Waals surface area (Å²) in [4.78, 5) is 18.7. The first-order valence-corrected chi connectivity index (χ1v) is 5.78. The van der Waals surface area contributed by atoms with E-state index in [0.717, 1.165) is 13.0 Å². The molecule has 1 aromatic rings. The highest BCUT2D eigenvalue weighted by atomic mass is 35.5. The molecule has 86 valence electrons.